The zero-order valence-electron chi connectivity index (χ0n) is 74.9. The van der Waals surface area contributed by atoms with E-state index in [-0.39, 0.29) is 25.7 Å². The van der Waals surface area contributed by atoms with Crippen molar-refractivity contribution in [2.45, 2.75) is 523 Å². The predicted molar refractivity (Wildman–Crippen MR) is 469 cm³/mol. The Hall–Kier alpha value is -1.94. The molecule has 0 spiro atoms. The number of esters is 4. The van der Waals surface area contributed by atoms with Crippen LogP contribution >= 0.6 is 15.6 Å². The molecule has 0 aliphatic heterocycles. The fourth-order valence-electron chi connectivity index (χ4n) is 14.7. The molecule has 0 heterocycles. The van der Waals surface area contributed by atoms with Crippen molar-refractivity contribution >= 4 is 39.5 Å². The first-order chi connectivity index (χ1) is 54.8. The van der Waals surface area contributed by atoms with Crippen molar-refractivity contribution in [1.29, 1.82) is 0 Å². The van der Waals surface area contributed by atoms with E-state index in [2.05, 4.69) is 48.5 Å². The number of unbranched alkanes of at least 4 members (excludes halogenated alkanes) is 58. The topological polar surface area (TPSA) is 237 Å². The molecule has 17 nitrogen and oxygen atoms in total. The summed E-state index contributed by atoms with van der Waals surface area (Å²) in [4.78, 5) is 73.5. The van der Waals surface area contributed by atoms with Crippen molar-refractivity contribution in [3.8, 4) is 0 Å². The second-order valence-electron chi connectivity index (χ2n) is 34.7. The molecular weight excluding hydrogens is 1460 g/mol. The number of phosphoric ester groups is 2. The SMILES string of the molecule is CCCCCCCCCCCCCCCCCCCCCCCCC(=O)OC[C@H](COP(=O)(O)OC[C@@H](O)COP(=O)(O)OC[C@@H](COC(=O)CCCCCCCCC(C)CC)OC(=O)CCCCCCCCCCCCCCCCCCC(C)C)OC(=O)CCCCCCCCCCCCCCCCCCCCC(C)CC. The van der Waals surface area contributed by atoms with Crippen LogP contribution in [0.15, 0.2) is 0 Å². The molecule has 7 atom stereocenters. The lowest BCUT2D eigenvalue weighted by Crippen LogP contribution is -2.30. The van der Waals surface area contributed by atoms with Gasteiger partial charge < -0.3 is 33.8 Å². The number of aliphatic hydroxyl groups excluding tert-OH is 1. The van der Waals surface area contributed by atoms with Gasteiger partial charge in [-0.05, 0) is 43.4 Å². The number of carbonyl (C=O) groups is 4. The molecule has 0 aromatic rings. The van der Waals surface area contributed by atoms with E-state index in [1.165, 1.54) is 308 Å². The highest BCUT2D eigenvalue weighted by Gasteiger charge is 2.31. The van der Waals surface area contributed by atoms with Crippen LogP contribution in [0.2, 0.25) is 0 Å². The minimum Gasteiger partial charge on any atom is -0.462 e. The zero-order valence-corrected chi connectivity index (χ0v) is 76.7. The summed E-state index contributed by atoms with van der Waals surface area (Å²) in [6.07, 6.45) is 78.0. The van der Waals surface area contributed by atoms with Gasteiger partial charge in [0.2, 0.25) is 0 Å². The smallest absolute Gasteiger partial charge is 0.462 e. The first-order valence-corrected chi connectivity index (χ1v) is 51.4. The summed E-state index contributed by atoms with van der Waals surface area (Å²) < 4.78 is 69.1. The van der Waals surface area contributed by atoms with Crippen molar-refractivity contribution < 1.29 is 80.2 Å². The largest absolute Gasteiger partial charge is 0.472 e. The Morgan fingerprint density at radius 2 is 0.451 bits per heavy atom. The Labute approximate surface area is 696 Å². The number of rotatable bonds is 92. The van der Waals surface area contributed by atoms with E-state index < -0.39 is 97.5 Å². The minimum atomic E-state index is -4.97. The average molecular weight is 1650 g/mol. The van der Waals surface area contributed by atoms with Gasteiger partial charge in [0, 0.05) is 25.7 Å². The van der Waals surface area contributed by atoms with Gasteiger partial charge >= 0.3 is 39.5 Å². The summed E-state index contributed by atoms with van der Waals surface area (Å²) >= 11 is 0. The molecule has 0 fully saturated rings. The summed E-state index contributed by atoms with van der Waals surface area (Å²) in [6.45, 7) is 12.1. The van der Waals surface area contributed by atoms with E-state index >= 15 is 0 Å². The van der Waals surface area contributed by atoms with Gasteiger partial charge in [0.1, 0.15) is 19.3 Å². The molecule has 0 aromatic heterocycles. The van der Waals surface area contributed by atoms with Crippen molar-refractivity contribution in [3.05, 3.63) is 0 Å². The molecule has 0 bridgehead atoms. The summed E-state index contributed by atoms with van der Waals surface area (Å²) in [7, 11) is -9.94. The molecule has 4 unspecified atom stereocenters. The molecule has 0 saturated heterocycles. The van der Waals surface area contributed by atoms with Crippen LogP contribution in [0.1, 0.15) is 504 Å². The number of hydrogen-bond donors (Lipinski definition) is 3. The molecule has 0 saturated carbocycles. The summed E-state index contributed by atoms with van der Waals surface area (Å²) in [6, 6.07) is 0. The highest BCUT2D eigenvalue weighted by molar-refractivity contribution is 7.47. The van der Waals surface area contributed by atoms with Crippen LogP contribution in [0.5, 0.6) is 0 Å². The maximum Gasteiger partial charge on any atom is 0.472 e. The Balaban J connectivity index is 5.21. The van der Waals surface area contributed by atoms with Gasteiger partial charge in [-0.15, -0.1) is 0 Å². The van der Waals surface area contributed by atoms with Gasteiger partial charge in [0.05, 0.1) is 26.4 Å². The van der Waals surface area contributed by atoms with Gasteiger partial charge in [-0.1, -0.05) is 453 Å². The fraction of sp³-hybridized carbons (Fsp3) is 0.957. The summed E-state index contributed by atoms with van der Waals surface area (Å²) in [5, 5.41) is 10.7. The molecule has 3 N–H and O–H groups in total. The number of ether oxygens (including phenoxy) is 4. The molecule has 672 valence electrons. The monoisotopic (exact) mass is 1650 g/mol. The third-order valence-corrected chi connectivity index (χ3v) is 24.8. The third-order valence-electron chi connectivity index (χ3n) is 22.9. The Kier molecular flexibility index (Phi) is 82.3. The normalized spacial score (nSPS) is 14.2. The summed E-state index contributed by atoms with van der Waals surface area (Å²) in [5.74, 6) is 0.313. The maximum absolute atomic E-state index is 13.2. The molecular formula is C94H184O17P2. The molecule has 0 radical (unpaired) electrons. The zero-order chi connectivity index (χ0) is 82.9. The van der Waals surface area contributed by atoms with Crippen molar-refractivity contribution in [3.63, 3.8) is 0 Å². The molecule has 113 heavy (non-hydrogen) atoms. The third kappa shape index (κ3) is 84.9. The molecule has 0 aromatic carbocycles. The molecule has 0 amide bonds. The van der Waals surface area contributed by atoms with Crippen molar-refractivity contribution in [2.24, 2.45) is 17.8 Å². The number of hydrogen-bond acceptors (Lipinski definition) is 15. The first kappa shape index (κ1) is 111. The van der Waals surface area contributed by atoms with Crippen molar-refractivity contribution in [2.75, 3.05) is 39.6 Å². The van der Waals surface area contributed by atoms with E-state index in [1.54, 1.807) is 0 Å². The van der Waals surface area contributed by atoms with E-state index in [9.17, 15) is 43.2 Å². The molecule has 0 aliphatic rings. The second-order valence-corrected chi connectivity index (χ2v) is 37.6. The van der Waals surface area contributed by atoms with E-state index in [1.807, 2.05) is 0 Å². The quantitative estimate of drug-likeness (QED) is 0.0222. The molecule has 0 rings (SSSR count). The van der Waals surface area contributed by atoms with E-state index in [4.69, 9.17) is 37.0 Å². The fourth-order valence-corrected chi connectivity index (χ4v) is 16.3. The second kappa shape index (κ2) is 83.7. The Morgan fingerprint density at radius 3 is 0.673 bits per heavy atom. The number of aliphatic hydroxyl groups is 1. The van der Waals surface area contributed by atoms with Crippen LogP contribution < -0.4 is 0 Å². The highest BCUT2D eigenvalue weighted by Crippen LogP contribution is 2.45. The van der Waals surface area contributed by atoms with E-state index in [0.717, 1.165) is 114 Å². The molecule has 0 aliphatic carbocycles. The van der Waals surface area contributed by atoms with Crippen LogP contribution in [0, 0.1) is 17.8 Å². The highest BCUT2D eigenvalue weighted by atomic mass is 31.2. The standard InChI is InChI=1S/C94H184O17P2/c1-8-11-12-13-14-15-16-17-18-19-20-21-22-23-27-33-38-43-48-53-61-68-75-91(96)104-81-89(110-93(98)77-70-63-54-49-44-39-34-28-25-24-26-32-37-42-47-52-59-66-73-86(6)9-2)83-108-112(100,101)106-79-88(95)80-107-113(102,103)109-84-90(82-105-92(97)76-69-62-57-56-60-67-74-87(7)10-3)111-94(99)78-71-64-55-50-45-40-35-30-29-31-36-41-46-51-58-65-72-85(4)5/h85-90,95H,8-84H2,1-7H3,(H,100,101)(H,102,103)/t86?,87?,88-,89-,90-/m1/s1. The number of carbonyl (C=O) groups excluding carboxylic acids is 4. The first-order valence-electron chi connectivity index (χ1n) is 48.4. The van der Waals surface area contributed by atoms with Gasteiger partial charge in [-0.2, -0.15) is 0 Å². The van der Waals surface area contributed by atoms with Gasteiger partial charge in [-0.25, -0.2) is 9.13 Å². The van der Waals surface area contributed by atoms with Crippen LogP contribution in [0.4, 0.5) is 0 Å². The lowest BCUT2D eigenvalue weighted by molar-refractivity contribution is -0.161. The molecule has 19 heteroatoms. The lowest BCUT2D eigenvalue weighted by atomic mass is 9.99. The van der Waals surface area contributed by atoms with E-state index in [0.29, 0.717) is 25.7 Å². The number of phosphoric acid groups is 2. The van der Waals surface area contributed by atoms with Crippen LogP contribution in [0.3, 0.4) is 0 Å². The van der Waals surface area contributed by atoms with Gasteiger partial charge in [0.15, 0.2) is 12.2 Å². The van der Waals surface area contributed by atoms with Gasteiger partial charge in [-0.3, -0.25) is 37.3 Å². The van der Waals surface area contributed by atoms with Crippen LogP contribution in [0.25, 0.3) is 0 Å². The minimum absolute atomic E-state index is 0.107. The maximum atomic E-state index is 13.2. The Morgan fingerprint density at radius 1 is 0.257 bits per heavy atom. The Bertz CT molecular complexity index is 2170. The van der Waals surface area contributed by atoms with Crippen LogP contribution in [-0.4, -0.2) is 96.7 Å². The average Bonchev–Trinajstić information content (AvgIpc) is 0.896. The lowest BCUT2D eigenvalue weighted by Gasteiger charge is -2.21. The van der Waals surface area contributed by atoms with Crippen molar-refractivity contribution in [1.82, 2.24) is 0 Å². The van der Waals surface area contributed by atoms with Gasteiger partial charge in [0.25, 0.3) is 0 Å². The van der Waals surface area contributed by atoms with Crippen LogP contribution in [-0.2, 0) is 65.4 Å². The summed E-state index contributed by atoms with van der Waals surface area (Å²) in [5.41, 5.74) is 0. The predicted octanol–water partition coefficient (Wildman–Crippen LogP) is 29.2.